The number of hydrogen-bond acceptors (Lipinski definition) is 6. The standard InChI is InChI=1S/C22H22Cl2F4N2O5S/c1-36(32,33)29-21(31)17-9-18(24)20(10-19(17)25)34-12-13-2-4-30(5-3-13)11-14-6-15(23)8-16(7-14)35-22(26,27)28/h6-10,13H,2-5,11-12H2,1H3,(H,29,31). The number of nitrogens with zero attached hydrogens (tertiary/aromatic N) is 1. The summed E-state index contributed by atoms with van der Waals surface area (Å²) >= 11 is 12.0. The molecule has 0 spiro atoms. The first-order valence-corrected chi connectivity index (χ1v) is 13.2. The van der Waals surface area contributed by atoms with E-state index in [1.807, 2.05) is 0 Å². The van der Waals surface area contributed by atoms with Crippen LogP contribution in [0.1, 0.15) is 28.8 Å². The number of benzene rings is 2. The van der Waals surface area contributed by atoms with Crippen LogP contribution in [0.15, 0.2) is 30.3 Å². The molecule has 1 amide bonds. The summed E-state index contributed by atoms with van der Waals surface area (Å²) in [4.78, 5) is 14.0. The minimum Gasteiger partial charge on any atom is -0.492 e. The number of halogens is 6. The van der Waals surface area contributed by atoms with Crippen LogP contribution in [0.3, 0.4) is 0 Å². The van der Waals surface area contributed by atoms with Crippen LogP contribution in [0, 0.1) is 11.7 Å². The fraction of sp³-hybridized carbons (Fsp3) is 0.409. The summed E-state index contributed by atoms with van der Waals surface area (Å²) in [5.74, 6) is -2.38. The van der Waals surface area contributed by atoms with Crippen molar-refractivity contribution in [3.05, 3.63) is 57.3 Å². The summed E-state index contributed by atoms with van der Waals surface area (Å²) in [6.45, 7) is 1.89. The second-order valence-corrected chi connectivity index (χ2v) is 10.9. The first-order valence-electron chi connectivity index (χ1n) is 10.6. The van der Waals surface area contributed by atoms with E-state index in [-0.39, 0.29) is 34.1 Å². The summed E-state index contributed by atoms with van der Waals surface area (Å²) < 4.78 is 85.5. The maximum Gasteiger partial charge on any atom is 0.573 e. The molecule has 36 heavy (non-hydrogen) atoms. The third-order valence-corrected chi connectivity index (χ3v) is 6.37. The molecule has 0 aliphatic carbocycles. The van der Waals surface area contributed by atoms with Crippen molar-refractivity contribution in [3.8, 4) is 11.5 Å². The fourth-order valence-electron chi connectivity index (χ4n) is 3.72. The van der Waals surface area contributed by atoms with Crippen molar-refractivity contribution < 1.29 is 40.2 Å². The Kier molecular flexibility index (Phi) is 8.97. The summed E-state index contributed by atoms with van der Waals surface area (Å²) in [6.07, 6.45) is -2.63. The van der Waals surface area contributed by atoms with Gasteiger partial charge in [-0.05, 0) is 61.7 Å². The van der Waals surface area contributed by atoms with Crippen molar-refractivity contribution in [3.63, 3.8) is 0 Å². The second-order valence-electron chi connectivity index (χ2n) is 8.34. The molecule has 0 aromatic heterocycles. The van der Waals surface area contributed by atoms with E-state index in [0.717, 1.165) is 24.5 Å². The van der Waals surface area contributed by atoms with E-state index in [1.165, 1.54) is 6.07 Å². The number of amides is 1. The Bertz CT molecular complexity index is 1220. The molecule has 0 atom stereocenters. The van der Waals surface area contributed by atoms with Crippen LogP contribution in [0.2, 0.25) is 10.0 Å². The zero-order valence-corrected chi connectivity index (χ0v) is 21.2. The van der Waals surface area contributed by atoms with Crippen LogP contribution >= 0.6 is 23.2 Å². The molecule has 1 saturated heterocycles. The summed E-state index contributed by atoms with van der Waals surface area (Å²) in [6, 6.07) is 5.90. The van der Waals surface area contributed by atoms with Crippen LogP contribution in [-0.2, 0) is 16.6 Å². The fourth-order valence-corrected chi connectivity index (χ4v) is 4.63. The summed E-state index contributed by atoms with van der Waals surface area (Å²) in [5.41, 5.74) is 0.0506. The Morgan fingerprint density at radius 3 is 2.42 bits per heavy atom. The molecule has 0 radical (unpaired) electrons. The van der Waals surface area contributed by atoms with Crippen molar-refractivity contribution >= 4 is 39.1 Å². The largest absolute Gasteiger partial charge is 0.573 e. The van der Waals surface area contributed by atoms with Gasteiger partial charge in [0.15, 0.2) is 0 Å². The van der Waals surface area contributed by atoms with Crippen molar-refractivity contribution in [1.82, 2.24) is 9.62 Å². The summed E-state index contributed by atoms with van der Waals surface area (Å²) in [7, 11) is -3.87. The minimum atomic E-state index is -4.81. The highest BCUT2D eigenvalue weighted by Crippen LogP contribution is 2.31. The van der Waals surface area contributed by atoms with Crippen LogP contribution in [0.5, 0.6) is 11.5 Å². The highest BCUT2D eigenvalue weighted by atomic mass is 35.5. The first kappa shape index (κ1) is 28.3. The molecule has 1 heterocycles. The molecule has 0 unspecified atom stereocenters. The first-order chi connectivity index (χ1) is 16.7. The lowest BCUT2D eigenvalue weighted by atomic mass is 9.97. The molecule has 1 N–H and O–H groups in total. The molecule has 1 fully saturated rings. The van der Waals surface area contributed by atoms with Gasteiger partial charge in [-0.15, -0.1) is 13.2 Å². The molecule has 2 aromatic rings. The zero-order valence-electron chi connectivity index (χ0n) is 18.9. The number of rotatable bonds is 8. The predicted molar refractivity (Wildman–Crippen MR) is 125 cm³/mol. The molecule has 198 valence electrons. The molecule has 7 nitrogen and oxygen atoms in total. The smallest absolute Gasteiger partial charge is 0.492 e. The highest BCUT2D eigenvalue weighted by Gasteiger charge is 2.31. The lowest BCUT2D eigenvalue weighted by Gasteiger charge is -2.32. The summed E-state index contributed by atoms with van der Waals surface area (Å²) in [5, 5.41) is 0.0873. The Labute approximate surface area is 215 Å². The molecule has 14 heteroatoms. The monoisotopic (exact) mass is 572 g/mol. The number of piperidine rings is 1. The number of nitrogens with one attached hydrogen (secondary N) is 1. The Morgan fingerprint density at radius 1 is 1.14 bits per heavy atom. The molecule has 1 aliphatic heterocycles. The maximum absolute atomic E-state index is 14.3. The van der Waals surface area contributed by atoms with E-state index in [9.17, 15) is 30.8 Å². The third-order valence-electron chi connectivity index (χ3n) is 5.30. The number of carbonyl (C=O) groups excluding carboxylic acids is 1. The minimum absolute atomic E-state index is 0.0172. The number of hydrogen-bond donors (Lipinski definition) is 1. The molecular weight excluding hydrogens is 551 g/mol. The molecule has 1 aliphatic rings. The van der Waals surface area contributed by atoms with Gasteiger partial charge in [0, 0.05) is 17.6 Å². The van der Waals surface area contributed by atoms with E-state index in [2.05, 4.69) is 9.64 Å². The Morgan fingerprint density at radius 2 is 1.81 bits per heavy atom. The molecule has 3 rings (SSSR count). The van der Waals surface area contributed by atoms with Crippen molar-refractivity contribution in [2.24, 2.45) is 5.92 Å². The van der Waals surface area contributed by atoms with Gasteiger partial charge in [-0.2, -0.15) is 0 Å². The maximum atomic E-state index is 14.3. The lowest BCUT2D eigenvalue weighted by Crippen LogP contribution is -2.35. The predicted octanol–water partition coefficient (Wildman–Crippen LogP) is 5.01. The number of ether oxygens (including phenoxy) is 2. The van der Waals surface area contributed by atoms with E-state index < -0.39 is 33.7 Å². The van der Waals surface area contributed by atoms with Gasteiger partial charge in [0.2, 0.25) is 10.0 Å². The molecule has 2 aromatic carbocycles. The molecular formula is C22H22Cl2F4N2O5S. The van der Waals surface area contributed by atoms with Crippen LogP contribution in [0.25, 0.3) is 0 Å². The number of sulfonamides is 1. The van der Waals surface area contributed by atoms with Crippen LogP contribution < -0.4 is 14.2 Å². The number of carbonyl (C=O) groups is 1. The van der Waals surface area contributed by atoms with Crippen molar-refractivity contribution in [2.75, 3.05) is 26.0 Å². The lowest BCUT2D eigenvalue weighted by molar-refractivity contribution is -0.274. The topological polar surface area (TPSA) is 84.9 Å². The van der Waals surface area contributed by atoms with Crippen molar-refractivity contribution in [1.29, 1.82) is 0 Å². The Balaban J connectivity index is 1.53. The van der Waals surface area contributed by atoms with Crippen LogP contribution in [0.4, 0.5) is 17.6 Å². The second kappa shape index (κ2) is 11.4. The van der Waals surface area contributed by atoms with E-state index >= 15 is 0 Å². The molecule has 0 saturated carbocycles. The van der Waals surface area contributed by atoms with Gasteiger partial charge in [0.25, 0.3) is 5.91 Å². The number of likely N-dealkylation sites (tertiary alicyclic amines) is 1. The van der Waals surface area contributed by atoms with E-state index in [1.54, 1.807) is 10.8 Å². The van der Waals surface area contributed by atoms with Crippen LogP contribution in [-0.4, -0.2) is 51.5 Å². The average molecular weight is 573 g/mol. The van der Waals surface area contributed by atoms with Gasteiger partial charge < -0.3 is 9.47 Å². The highest BCUT2D eigenvalue weighted by molar-refractivity contribution is 7.89. The van der Waals surface area contributed by atoms with Gasteiger partial charge in [-0.3, -0.25) is 9.69 Å². The van der Waals surface area contributed by atoms with Gasteiger partial charge in [-0.1, -0.05) is 23.2 Å². The SMILES string of the molecule is CS(=O)(=O)NC(=O)c1cc(Cl)c(OCC2CCN(Cc3cc(Cl)cc(OC(F)(F)F)c3)CC2)cc1F. The van der Waals surface area contributed by atoms with E-state index in [0.29, 0.717) is 38.0 Å². The number of alkyl halides is 3. The van der Waals surface area contributed by atoms with Gasteiger partial charge in [0.1, 0.15) is 17.3 Å². The quantitative estimate of drug-likeness (QED) is 0.447. The van der Waals surface area contributed by atoms with Gasteiger partial charge in [0.05, 0.1) is 23.4 Å². The molecule has 0 bridgehead atoms. The average Bonchev–Trinajstić information content (AvgIpc) is 2.72. The third kappa shape index (κ3) is 8.68. The normalized spacial score (nSPS) is 15.5. The van der Waals surface area contributed by atoms with E-state index in [4.69, 9.17) is 27.9 Å². The zero-order chi connectivity index (χ0) is 26.7. The van der Waals surface area contributed by atoms with Gasteiger partial charge >= 0.3 is 6.36 Å². The van der Waals surface area contributed by atoms with Crippen molar-refractivity contribution in [2.45, 2.75) is 25.7 Å². The van der Waals surface area contributed by atoms with Gasteiger partial charge in [-0.25, -0.2) is 17.5 Å². The Hall–Kier alpha value is -2.28.